The number of anilines is 1. The Morgan fingerprint density at radius 3 is 2.71 bits per heavy atom. The number of rotatable bonds is 2. The molecule has 21 heavy (non-hydrogen) atoms. The summed E-state index contributed by atoms with van der Waals surface area (Å²) in [4.78, 5) is 23.9. The fourth-order valence-corrected chi connectivity index (χ4v) is 2.06. The Hall–Kier alpha value is -2.26. The summed E-state index contributed by atoms with van der Waals surface area (Å²) in [5.74, 6) is -0.860. The summed E-state index contributed by atoms with van der Waals surface area (Å²) in [5, 5.41) is 22.7. The summed E-state index contributed by atoms with van der Waals surface area (Å²) in [6.45, 7) is 1.98. The Labute approximate surface area is 125 Å². The van der Waals surface area contributed by atoms with Gasteiger partial charge in [-0.15, -0.1) is 0 Å². The number of nitro benzene ring substituents is 1. The molecule has 8 nitrogen and oxygen atoms in total. The van der Waals surface area contributed by atoms with Crippen LogP contribution in [-0.2, 0) is 9.53 Å². The first-order chi connectivity index (χ1) is 9.99. The van der Waals surface area contributed by atoms with Gasteiger partial charge in [-0.05, 0) is 6.07 Å². The molecule has 112 valence electrons. The van der Waals surface area contributed by atoms with Crippen molar-refractivity contribution in [2.24, 2.45) is 0 Å². The van der Waals surface area contributed by atoms with E-state index in [-0.39, 0.29) is 22.1 Å². The number of thiocarbonyl (C=S) groups is 1. The van der Waals surface area contributed by atoms with Crippen molar-refractivity contribution in [2.75, 3.05) is 31.6 Å². The number of nitrogens with one attached hydrogen (secondary N) is 1. The second kappa shape index (κ2) is 6.46. The number of benzene rings is 1. The van der Waals surface area contributed by atoms with E-state index in [9.17, 15) is 20.0 Å². The highest BCUT2D eigenvalue weighted by Crippen LogP contribution is 2.27. The molecule has 9 heteroatoms. The largest absolute Gasteiger partial charge is 0.506 e. The lowest BCUT2D eigenvalue weighted by molar-refractivity contribution is -0.384. The molecule has 2 N–H and O–H groups in total. The van der Waals surface area contributed by atoms with E-state index in [1.807, 2.05) is 0 Å². The molecule has 2 rings (SSSR count). The molecule has 1 fully saturated rings. The molecule has 1 heterocycles. The van der Waals surface area contributed by atoms with Gasteiger partial charge in [0.2, 0.25) is 0 Å². The Morgan fingerprint density at radius 1 is 1.43 bits per heavy atom. The SMILES string of the molecule is O=C(Nc1cc([N+](=O)[O-])ccc1O)C(=S)N1CCOCC1. The van der Waals surface area contributed by atoms with Crippen LogP contribution in [0.15, 0.2) is 18.2 Å². The Balaban J connectivity index is 2.09. The van der Waals surface area contributed by atoms with E-state index in [1.54, 1.807) is 4.90 Å². The number of phenolic OH excluding ortho intramolecular Hbond substituents is 1. The molecule has 0 saturated carbocycles. The van der Waals surface area contributed by atoms with Crippen LogP contribution in [0.2, 0.25) is 0 Å². The highest BCUT2D eigenvalue weighted by Gasteiger charge is 2.21. The van der Waals surface area contributed by atoms with Crippen LogP contribution in [-0.4, -0.2) is 52.1 Å². The molecule has 0 atom stereocenters. The smallest absolute Gasteiger partial charge is 0.283 e. The first kappa shape index (κ1) is 15.1. The van der Waals surface area contributed by atoms with Crippen LogP contribution in [0.3, 0.4) is 0 Å². The van der Waals surface area contributed by atoms with Crippen LogP contribution >= 0.6 is 12.2 Å². The van der Waals surface area contributed by atoms with Gasteiger partial charge < -0.3 is 20.1 Å². The van der Waals surface area contributed by atoms with E-state index in [1.165, 1.54) is 0 Å². The van der Waals surface area contributed by atoms with Crippen LogP contribution in [0.4, 0.5) is 11.4 Å². The highest BCUT2D eigenvalue weighted by molar-refractivity contribution is 7.82. The van der Waals surface area contributed by atoms with Crippen molar-refractivity contribution in [2.45, 2.75) is 0 Å². The van der Waals surface area contributed by atoms with Crippen molar-refractivity contribution in [3.8, 4) is 5.75 Å². The van der Waals surface area contributed by atoms with Gasteiger partial charge in [-0.25, -0.2) is 0 Å². The van der Waals surface area contributed by atoms with Gasteiger partial charge in [0.15, 0.2) is 4.99 Å². The molecular weight excluding hydrogens is 298 g/mol. The molecule has 0 aromatic heterocycles. The molecule has 1 aromatic rings. The van der Waals surface area contributed by atoms with Crippen molar-refractivity contribution in [1.29, 1.82) is 0 Å². The maximum absolute atomic E-state index is 12.0. The van der Waals surface area contributed by atoms with Crippen LogP contribution in [0, 0.1) is 10.1 Å². The van der Waals surface area contributed by atoms with Crippen molar-refractivity contribution in [3.63, 3.8) is 0 Å². The van der Waals surface area contributed by atoms with Crippen LogP contribution in [0.5, 0.6) is 5.75 Å². The van der Waals surface area contributed by atoms with Gasteiger partial charge in [0.05, 0.1) is 23.8 Å². The maximum Gasteiger partial charge on any atom is 0.283 e. The minimum absolute atomic E-state index is 0.0511. The van der Waals surface area contributed by atoms with E-state index in [0.29, 0.717) is 26.3 Å². The molecule has 1 amide bonds. The van der Waals surface area contributed by atoms with E-state index in [4.69, 9.17) is 17.0 Å². The quantitative estimate of drug-likeness (QED) is 0.362. The van der Waals surface area contributed by atoms with Gasteiger partial charge in [0.1, 0.15) is 5.75 Å². The number of ether oxygens (including phenoxy) is 1. The minimum atomic E-state index is -0.616. The Bertz CT molecular complexity index is 586. The number of hydrogen-bond acceptors (Lipinski definition) is 6. The second-order valence-electron chi connectivity index (χ2n) is 4.32. The van der Waals surface area contributed by atoms with Crippen molar-refractivity contribution < 1.29 is 19.6 Å². The number of amides is 1. The zero-order valence-electron chi connectivity index (χ0n) is 10.9. The number of phenols is 1. The lowest BCUT2D eigenvalue weighted by Gasteiger charge is -2.28. The summed E-state index contributed by atoms with van der Waals surface area (Å²) in [7, 11) is 0. The predicted octanol–water partition coefficient (Wildman–Crippen LogP) is 0.898. The third kappa shape index (κ3) is 3.64. The molecule has 1 saturated heterocycles. The van der Waals surface area contributed by atoms with Gasteiger partial charge >= 0.3 is 0 Å². The number of nitro groups is 1. The second-order valence-corrected chi connectivity index (χ2v) is 4.70. The third-order valence-electron chi connectivity index (χ3n) is 2.93. The molecule has 1 aromatic carbocycles. The van der Waals surface area contributed by atoms with Crippen LogP contribution in [0.25, 0.3) is 0 Å². The van der Waals surface area contributed by atoms with Crippen molar-refractivity contribution >= 4 is 34.5 Å². The van der Waals surface area contributed by atoms with Gasteiger partial charge in [0, 0.05) is 25.2 Å². The fraction of sp³-hybridized carbons (Fsp3) is 0.333. The van der Waals surface area contributed by atoms with Crippen molar-refractivity contribution in [1.82, 2.24) is 4.90 Å². The fourth-order valence-electron chi connectivity index (χ4n) is 1.82. The van der Waals surface area contributed by atoms with Gasteiger partial charge in [-0.1, -0.05) is 12.2 Å². The maximum atomic E-state index is 12.0. The number of aromatic hydroxyl groups is 1. The summed E-state index contributed by atoms with van der Waals surface area (Å²) in [5.41, 5.74) is -0.287. The molecule has 1 aliphatic rings. The number of carbonyl (C=O) groups excluding carboxylic acids is 1. The minimum Gasteiger partial charge on any atom is -0.506 e. The molecule has 1 aliphatic heterocycles. The van der Waals surface area contributed by atoms with E-state index in [2.05, 4.69) is 5.32 Å². The van der Waals surface area contributed by atoms with Crippen molar-refractivity contribution in [3.05, 3.63) is 28.3 Å². The summed E-state index contributed by atoms with van der Waals surface area (Å²) >= 11 is 5.07. The molecule has 0 radical (unpaired) electrons. The monoisotopic (exact) mass is 311 g/mol. The molecule has 0 bridgehead atoms. The van der Waals surface area contributed by atoms with E-state index < -0.39 is 10.8 Å². The summed E-state index contributed by atoms with van der Waals surface area (Å²) < 4.78 is 5.16. The van der Waals surface area contributed by atoms with E-state index >= 15 is 0 Å². The zero-order valence-corrected chi connectivity index (χ0v) is 11.8. The Morgan fingerprint density at radius 2 is 2.10 bits per heavy atom. The average Bonchev–Trinajstić information content (AvgIpc) is 2.49. The number of non-ortho nitro benzene ring substituents is 1. The van der Waals surface area contributed by atoms with Crippen LogP contribution in [0.1, 0.15) is 0 Å². The van der Waals surface area contributed by atoms with Crippen LogP contribution < -0.4 is 5.32 Å². The molecule has 0 aliphatic carbocycles. The predicted molar refractivity (Wildman–Crippen MR) is 78.4 cm³/mol. The molecular formula is C12H13N3O5S. The first-order valence-corrected chi connectivity index (χ1v) is 6.55. The highest BCUT2D eigenvalue weighted by atomic mass is 32.1. The first-order valence-electron chi connectivity index (χ1n) is 6.14. The lowest BCUT2D eigenvalue weighted by Crippen LogP contribution is -2.44. The third-order valence-corrected chi connectivity index (χ3v) is 3.38. The number of morpholine rings is 1. The topological polar surface area (TPSA) is 105 Å². The molecule has 0 spiro atoms. The molecule has 0 unspecified atom stereocenters. The van der Waals surface area contributed by atoms with Gasteiger partial charge in [-0.3, -0.25) is 14.9 Å². The average molecular weight is 311 g/mol. The van der Waals surface area contributed by atoms with Gasteiger partial charge in [0.25, 0.3) is 11.6 Å². The lowest BCUT2D eigenvalue weighted by atomic mass is 10.2. The normalized spacial score (nSPS) is 14.6. The standard InChI is InChI=1S/C12H13N3O5S/c16-10-2-1-8(15(18)19)7-9(10)13-11(17)12(21)14-3-5-20-6-4-14/h1-2,7,16H,3-6H2,(H,13,17). The van der Waals surface area contributed by atoms with Gasteiger partial charge in [-0.2, -0.15) is 0 Å². The summed E-state index contributed by atoms with van der Waals surface area (Å²) in [6, 6.07) is 3.37. The summed E-state index contributed by atoms with van der Waals surface area (Å²) in [6.07, 6.45) is 0. The van der Waals surface area contributed by atoms with E-state index in [0.717, 1.165) is 18.2 Å². The number of carbonyl (C=O) groups is 1. The number of nitrogens with zero attached hydrogens (tertiary/aromatic N) is 2. The Kier molecular flexibility index (Phi) is 4.66. The zero-order chi connectivity index (χ0) is 15.4. The number of hydrogen-bond donors (Lipinski definition) is 2.